The first-order valence-electron chi connectivity index (χ1n) is 5.69. The van der Waals surface area contributed by atoms with Gasteiger partial charge in [-0.15, -0.1) is 0 Å². The standard InChI is InChI=1S/C14H16N2O2/c1-9-8-15-10(2)16-14(9)13-11(17-3)6-5-7-12(13)18-4/h5-8H,1-4H3. The lowest BCUT2D eigenvalue weighted by Gasteiger charge is -2.14. The van der Waals surface area contributed by atoms with Crippen LogP contribution < -0.4 is 9.47 Å². The van der Waals surface area contributed by atoms with Crippen LogP contribution in [0.15, 0.2) is 24.4 Å². The molecule has 2 rings (SSSR count). The van der Waals surface area contributed by atoms with Crippen molar-refractivity contribution in [2.75, 3.05) is 14.2 Å². The van der Waals surface area contributed by atoms with Crippen LogP contribution in [0.2, 0.25) is 0 Å². The van der Waals surface area contributed by atoms with Crippen LogP contribution in [0.3, 0.4) is 0 Å². The number of hydrogen-bond donors (Lipinski definition) is 0. The Hall–Kier alpha value is -2.10. The Balaban J connectivity index is 2.72. The maximum atomic E-state index is 5.40. The first kappa shape index (κ1) is 12.4. The van der Waals surface area contributed by atoms with Crippen molar-refractivity contribution in [3.63, 3.8) is 0 Å². The van der Waals surface area contributed by atoms with Gasteiger partial charge in [0, 0.05) is 6.20 Å². The zero-order valence-corrected chi connectivity index (χ0v) is 11.0. The highest BCUT2D eigenvalue weighted by Gasteiger charge is 2.16. The molecule has 0 amide bonds. The highest BCUT2D eigenvalue weighted by atomic mass is 16.5. The van der Waals surface area contributed by atoms with Gasteiger partial charge in [-0.2, -0.15) is 0 Å². The summed E-state index contributed by atoms with van der Waals surface area (Å²) < 4.78 is 10.8. The van der Waals surface area contributed by atoms with Gasteiger partial charge in [0.05, 0.1) is 25.5 Å². The van der Waals surface area contributed by atoms with Crippen molar-refractivity contribution in [2.45, 2.75) is 13.8 Å². The van der Waals surface area contributed by atoms with Gasteiger partial charge in [0.15, 0.2) is 0 Å². The lowest BCUT2D eigenvalue weighted by Crippen LogP contribution is -1.99. The van der Waals surface area contributed by atoms with Crippen molar-refractivity contribution in [3.8, 4) is 22.8 Å². The highest BCUT2D eigenvalue weighted by Crippen LogP contribution is 2.38. The number of aryl methyl sites for hydroxylation is 2. The maximum Gasteiger partial charge on any atom is 0.132 e. The van der Waals surface area contributed by atoms with Crippen molar-refractivity contribution >= 4 is 0 Å². The van der Waals surface area contributed by atoms with Gasteiger partial charge in [0.1, 0.15) is 17.3 Å². The molecule has 1 aromatic carbocycles. The van der Waals surface area contributed by atoms with Crippen molar-refractivity contribution in [1.82, 2.24) is 9.97 Å². The third-order valence-electron chi connectivity index (χ3n) is 2.76. The number of rotatable bonds is 3. The Morgan fingerprint density at radius 3 is 2.17 bits per heavy atom. The van der Waals surface area contributed by atoms with Gasteiger partial charge < -0.3 is 9.47 Å². The van der Waals surface area contributed by atoms with E-state index in [4.69, 9.17) is 9.47 Å². The average molecular weight is 244 g/mol. The Kier molecular flexibility index (Phi) is 3.46. The first-order chi connectivity index (χ1) is 8.67. The molecule has 0 atom stereocenters. The second-order valence-corrected chi connectivity index (χ2v) is 3.99. The molecule has 0 aliphatic heterocycles. The van der Waals surface area contributed by atoms with Crippen LogP contribution in [0.5, 0.6) is 11.5 Å². The minimum atomic E-state index is 0.726. The first-order valence-corrected chi connectivity index (χ1v) is 5.69. The monoisotopic (exact) mass is 244 g/mol. The van der Waals surface area contributed by atoms with E-state index in [1.54, 1.807) is 14.2 Å². The average Bonchev–Trinajstić information content (AvgIpc) is 2.40. The lowest BCUT2D eigenvalue weighted by atomic mass is 10.1. The molecule has 4 nitrogen and oxygen atoms in total. The van der Waals surface area contributed by atoms with Gasteiger partial charge in [0.2, 0.25) is 0 Å². The van der Waals surface area contributed by atoms with Crippen LogP contribution in [0.25, 0.3) is 11.3 Å². The molecule has 0 aliphatic rings. The predicted octanol–water partition coefficient (Wildman–Crippen LogP) is 2.78. The van der Waals surface area contributed by atoms with Gasteiger partial charge in [0.25, 0.3) is 0 Å². The molecule has 0 N–H and O–H groups in total. The van der Waals surface area contributed by atoms with Crippen molar-refractivity contribution in [3.05, 3.63) is 35.8 Å². The molecule has 0 radical (unpaired) electrons. The Labute approximate surface area is 107 Å². The fourth-order valence-corrected chi connectivity index (χ4v) is 1.87. The summed E-state index contributed by atoms with van der Waals surface area (Å²) in [6.07, 6.45) is 1.81. The summed E-state index contributed by atoms with van der Waals surface area (Å²) in [6, 6.07) is 5.69. The van der Waals surface area contributed by atoms with Crippen molar-refractivity contribution in [2.24, 2.45) is 0 Å². The SMILES string of the molecule is COc1cccc(OC)c1-c1nc(C)ncc1C. The van der Waals surface area contributed by atoms with E-state index in [2.05, 4.69) is 9.97 Å². The zero-order valence-electron chi connectivity index (χ0n) is 11.0. The third-order valence-corrected chi connectivity index (χ3v) is 2.76. The van der Waals surface area contributed by atoms with E-state index in [0.29, 0.717) is 0 Å². The quantitative estimate of drug-likeness (QED) is 0.832. The molecule has 0 bridgehead atoms. The second kappa shape index (κ2) is 5.04. The van der Waals surface area contributed by atoms with Crippen LogP contribution in [0, 0.1) is 13.8 Å². The Morgan fingerprint density at radius 2 is 1.61 bits per heavy atom. The van der Waals surface area contributed by atoms with Gasteiger partial charge >= 0.3 is 0 Å². The van der Waals surface area contributed by atoms with E-state index >= 15 is 0 Å². The van der Waals surface area contributed by atoms with E-state index in [-0.39, 0.29) is 0 Å². The molecule has 0 fully saturated rings. The van der Waals surface area contributed by atoms with Crippen molar-refractivity contribution < 1.29 is 9.47 Å². The number of nitrogens with zero attached hydrogens (tertiary/aromatic N) is 2. The summed E-state index contributed by atoms with van der Waals surface area (Å²) in [5.41, 5.74) is 2.70. The molecular weight excluding hydrogens is 228 g/mol. The molecular formula is C14H16N2O2. The molecule has 0 spiro atoms. The summed E-state index contributed by atoms with van der Waals surface area (Å²) in [6.45, 7) is 3.84. The molecule has 0 saturated heterocycles. The normalized spacial score (nSPS) is 10.2. The summed E-state index contributed by atoms with van der Waals surface area (Å²) in [7, 11) is 3.28. The van der Waals surface area contributed by atoms with Crippen LogP contribution in [0.1, 0.15) is 11.4 Å². The van der Waals surface area contributed by atoms with E-state index in [1.807, 2.05) is 38.2 Å². The minimum Gasteiger partial charge on any atom is -0.496 e. The number of hydrogen-bond acceptors (Lipinski definition) is 4. The molecule has 0 aliphatic carbocycles. The largest absolute Gasteiger partial charge is 0.496 e. The van der Waals surface area contributed by atoms with Gasteiger partial charge in [-0.05, 0) is 31.5 Å². The van der Waals surface area contributed by atoms with Crippen LogP contribution in [0.4, 0.5) is 0 Å². The number of aromatic nitrogens is 2. The van der Waals surface area contributed by atoms with Crippen molar-refractivity contribution in [1.29, 1.82) is 0 Å². The van der Waals surface area contributed by atoms with Gasteiger partial charge in [-0.25, -0.2) is 9.97 Å². The molecule has 0 saturated carbocycles. The van der Waals surface area contributed by atoms with Gasteiger partial charge in [-0.3, -0.25) is 0 Å². The van der Waals surface area contributed by atoms with Crippen LogP contribution in [-0.4, -0.2) is 24.2 Å². The number of benzene rings is 1. The highest BCUT2D eigenvalue weighted by molar-refractivity contribution is 5.76. The van der Waals surface area contributed by atoms with Crippen LogP contribution >= 0.6 is 0 Å². The molecule has 1 aromatic heterocycles. The van der Waals surface area contributed by atoms with E-state index < -0.39 is 0 Å². The molecule has 18 heavy (non-hydrogen) atoms. The molecule has 0 unspecified atom stereocenters. The lowest BCUT2D eigenvalue weighted by molar-refractivity contribution is 0.397. The van der Waals surface area contributed by atoms with E-state index in [0.717, 1.165) is 34.1 Å². The number of methoxy groups -OCH3 is 2. The minimum absolute atomic E-state index is 0.726. The number of ether oxygens (including phenoxy) is 2. The molecule has 1 heterocycles. The summed E-state index contributed by atoms with van der Waals surface area (Å²) in [5.74, 6) is 2.22. The fraction of sp³-hybridized carbons (Fsp3) is 0.286. The predicted molar refractivity (Wildman–Crippen MR) is 70.0 cm³/mol. The Morgan fingerprint density at radius 1 is 1.00 bits per heavy atom. The van der Waals surface area contributed by atoms with E-state index in [1.165, 1.54) is 0 Å². The van der Waals surface area contributed by atoms with Crippen LogP contribution in [-0.2, 0) is 0 Å². The zero-order chi connectivity index (χ0) is 13.1. The smallest absolute Gasteiger partial charge is 0.132 e. The Bertz CT molecular complexity index is 545. The third kappa shape index (κ3) is 2.14. The molecule has 2 aromatic rings. The molecule has 4 heteroatoms. The fourth-order valence-electron chi connectivity index (χ4n) is 1.87. The summed E-state index contributed by atoms with van der Waals surface area (Å²) in [5, 5.41) is 0. The summed E-state index contributed by atoms with van der Waals surface area (Å²) >= 11 is 0. The molecule has 94 valence electrons. The van der Waals surface area contributed by atoms with Gasteiger partial charge in [-0.1, -0.05) is 6.07 Å². The maximum absolute atomic E-state index is 5.40. The van der Waals surface area contributed by atoms with E-state index in [9.17, 15) is 0 Å². The summed E-state index contributed by atoms with van der Waals surface area (Å²) in [4.78, 5) is 8.67. The topological polar surface area (TPSA) is 44.2 Å². The second-order valence-electron chi connectivity index (χ2n) is 3.99.